The molecule has 0 N–H and O–H groups in total. The lowest BCUT2D eigenvalue weighted by Gasteiger charge is -2.28. The molecule has 44 heavy (non-hydrogen) atoms. The van der Waals surface area contributed by atoms with Crippen molar-refractivity contribution in [3.8, 4) is 0 Å². The van der Waals surface area contributed by atoms with Crippen LogP contribution in [0.25, 0.3) is 0 Å². The van der Waals surface area contributed by atoms with Gasteiger partial charge in [-0.05, 0) is 29.5 Å². The Balaban J connectivity index is 1.64. The number of esters is 1. The van der Waals surface area contributed by atoms with Crippen molar-refractivity contribution in [2.45, 2.75) is 103 Å². The monoisotopic (exact) mass is 598 g/mol. The molecule has 0 aliphatic carbocycles. The van der Waals surface area contributed by atoms with Crippen molar-refractivity contribution in [3.05, 3.63) is 133 Å². The second-order valence-corrected chi connectivity index (χ2v) is 11.1. The summed E-state index contributed by atoms with van der Waals surface area (Å²) < 4.78 is 25.0. The number of unbranched alkanes of at least 4 members (excludes halogenated alkanes) is 3. The van der Waals surface area contributed by atoms with E-state index in [-0.39, 0.29) is 24.6 Å². The molecule has 0 aliphatic rings. The molecule has 0 saturated heterocycles. The summed E-state index contributed by atoms with van der Waals surface area (Å²) in [4.78, 5) is 13.3. The zero-order chi connectivity index (χ0) is 31.2. The van der Waals surface area contributed by atoms with Crippen LogP contribution in [0.2, 0.25) is 0 Å². The van der Waals surface area contributed by atoms with Gasteiger partial charge in [-0.3, -0.25) is 4.79 Å². The molecule has 3 rings (SSSR count). The van der Waals surface area contributed by atoms with Gasteiger partial charge >= 0.3 is 5.97 Å². The third kappa shape index (κ3) is 13.4. The lowest BCUT2D eigenvalue weighted by Crippen LogP contribution is -2.35. The highest BCUT2D eigenvalue weighted by Gasteiger charge is 2.27. The van der Waals surface area contributed by atoms with Crippen molar-refractivity contribution in [1.29, 1.82) is 0 Å². The topological polar surface area (TPSA) is 54.0 Å². The van der Waals surface area contributed by atoms with E-state index in [1.807, 2.05) is 91.0 Å². The minimum Gasteiger partial charge on any atom is -0.459 e. The summed E-state index contributed by atoms with van der Waals surface area (Å²) in [7, 11) is 0. The first kappa shape index (κ1) is 35.0. The van der Waals surface area contributed by atoms with Gasteiger partial charge in [-0.25, -0.2) is 0 Å². The van der Waals surface area contributed by atoms with E-state index < -0.39 is 12.2 Å². The predicted molar refractivity (Wildman–Crippen MR) is 178 cm³/mol. The summed E-state index contributed by atoms with van der Waals surface area (Å²) in [6.07, 6.45) is 8.65. The van der Waals surface area contributed by atoms with Crippen LogP contribution in [0.15, 0.2) is 116 Å². The minimum absolute atomic E-state index is 0.188. The van der Waals surface area contributed by atoms with Crippen molar-refractivity contribution < 1.29 is 23.7 Å². The Morgan fingerprint density at radius 2 is 1.18 bits per heavy atom. The number of carbonyl (C=O) groups is 1. The number of carbonyl (C=O) groups excluding carboxylic acids is 1. The molecule has 5 heteroatoms. The fourth-order valence-corrected chi connectivity index (χ4v) is 5.07. The first-order valence-corrected chi connectivity index (χ1v) is 16.0. The molecule has 0 bridgehead atoms. The summed E-state index contributed by atoms with van der Waals surface area (Å²) in [6.45, 7) is 11.4. The molecule has 0 fully saturated rings. The van der Waals surface area contributed by atoms with Gasteiger partial charge in [-0.15, -0.1) is 13.2 Å². The lowest BCUT2D eigenvalue weighted by atomic mass is 10.0. The van der Waals surface area contributed by atoms with Crippen LogP contribution in [-0.4, -0.2) is 30.4 Å². The molecule has 0 amide bonds. The first-order chi connectivity index (χ1) is 21.6. The molecule has 3 aromatic carbocycles. The number of hydrogen-bond donors (Lipinski definition) is 0. The maximum atomic E-state index is 13.3. The molecular formula is C39H50O5. The van der Waals surface area contributed by atoms with Crippen molar-refractivity contribution in [2.24, 2.45) is 0 Å². The number of rotatable bonds is 23. The first-order valence-electron chi connectivity index (χ1n) is 16.0. The molecular weight excluding hydrogens is 548 g/mol. The summed E-state index contributed by atoms with van der Waals surface area (Å²) in [5, 5.41) is 0. The minimum atomic E-state index is -0.404. The molecule has 0 radical (unpaired) electrons. The molecule has 0 spiro atoms. The molecule has 3 aromatic rings. The Kier molecular flexibility index (Phi) is 16.9. The van der Waals surface area contributed by atoms with Crippen LogP contribution in [0.1, 0.15) is 75.0 Å². The molecule has 4 atom stereocenters. The number of benzene rings is 3. The van der Waals surface area contributed by atoms with Gasteiger partial charge in [0.2, 0.25) is 0 Å². The summed E-state index contributed by atoms with van der Waals surface area (Å²) >= 11 is 0. The zero-order valence-corrected chi connectivity index (χ0v) is 26.4. The van der Waals surface area contributed by atoms with Crippen LogP contribution < -0.4 is 0 Å². The quantitative estimate of drug-likeness (QED) is 0.0619. The highest BCUT2D eigenvalue weighted by molar-refractivity contribution is 5.69. The van der Waals surface area contributed by atoms with Crippen LogP contribution in [0.5, 0.6) is 0 Å². The number of hydrogen-bond acceptors (Lipinski definition) is 5. The van der Waals surface area contributed by atoms with E-state index in [0.29, 0.717) is 32.7 Å². The van der Waals surface area contributed by atoms with E-state index in [4.69, 9.17) is 18.9 Å². The van der Waals surface area contributed by atoms with Crippen LogP contribution in [0.3, 0.4) is 0 Å². The molecule has 5 nitrogen and oxygen atoms in total. The average molecular weight is 599 g/mol. The third-order valence-electron chi connectivity index (χ3n) is 7.57. The predicted octanol–water partition coefficient (Wildman–Crippen LogP) is 9.17. The molecule has 0 saturated carbocycles. The van der Waals surface area contributed by atoms with E-state index in [1.54, 1.807) is 12.2 Å². The van der Waals surface area contributed by atoms with Crippen molar-refractivity contribution >= 4 is 5.97 Å². The van der Waals surface area contributed by atoms with E-state index in [1.165, 1.54) is 6.42 Å². The molecule has 236 valence electrons. The van der Waals surface area contributed by atoms with Crippen molar-refractivity contribution in [1.82, 2.24) is 0 Å². The van der Waals surface area contributed by atoms with Crippen LogP contribution in [0, 0.1) is 0 Å². The van der Waals surface area contributed by atoms with Crippen LogP contribution in [-0.2, 0) is 43.6 Å². The SMILES string of the molecule is C=CC[C@H](OC(=O)CC[C@@H](OCc1ccccc1)[C@@H](C=C)OCc1ccccc1)[C@H](CCCCCC)OCc1ccccc1. The Bertz CT molecular complexity index is 1180. The molecule has 0 unspecified atom stereocenters. The van der Waals surface area contributed by atoms with E-state index in [9.17, 15) is 4.79 Å². The molecule has 0 aromatic heterocycles. The smallest absolute Gasteiger partial charge is 0.306 e. The average Bonchev–Trinajstić information content (AvgIpc) is 3.06. The van der Waals surface area contributed by atoms with Gasteiger partial charge in [-0.2, -0.15) is 0 Å². The summed E-state index contributed by atoms with van der Waals surface area (Å²) in [6, 6.07) is 30.1. The van der Waals surface area contributed by atoms with E-state index >= 15 is 0 Å². The Labute approximate surface area is 264 Å². The Morgan fingerprint density at radius 3 is 1.68 bits per heavy atom. The highest BCUT2D eigenvalue weighted by atomic mass is 16.6. The van der Waals surface area contributed by atoms with Gasteiger partial charge in [0.25, 0.3) is 0 Å². The van der Waals surface area contributed by atoms with Gasteiger partial charge in [0, 0.05) is 12.8 Å². The molecule has 0 heterocycles. The Hall–Kier alpha value is -3.51. The van der Waals surface area contributed by atoms with Gasteiger partial charge < -0.3 is 18.9 Å². The van der Waals surface area contributed by atoms with E-state index in [2.05, 4.69) is 20.1 Å². The zero-order valence-electron chi connectivity index (χ0n) is 26.4. The summed E-state index contributed by atoms with van der Waals surface area (Å²) in [5.41, 5.74) is 3.21. The standard InChI is InChI=1S/C39H50O5/c1-4-7-8-18-26-36(42-30-33-22-14-10-15-23-33)38(19-5-2)44-39(40)28-27-37(43-31-34-24-16-11-17-25-34)35(6-3)41-29-32-20-12-9-13-21-32/h5-6,9-17,20-25,35-38H,2-4,7-8,18-19,26-31H2,1H3/t35-,36+,37-,38+/m1/s1. The third-order valence-corrected chi connectivity index (χ3v) is 7.57. The maximum Gasteiger partial charge on any atom is 0.306 e. The van der Waals surface area contributed by atoms with Crippen LogP contribution >= 0.6 is 0 Å². The fourth-order valence-electron chi connectivity index (χ4n) is 5.07. The summed E-state index contributed by atoms with van der Waals surface area (Å²) in [5.74, 6) is -0.280. The normalized spacial score (nSPS) is 13.8. The maximum absolute atomic E-state index is 13.3. The van der Waals surface area contributed by atoms with E-state index in [0.717, 1.165) is 42.4 Å². The lowest BCUT2D eigenvalue weighted by molar-refractivity contribution is -0.160. The van der Waals surface area contributed by atoms with Gasteiger partial charge in [0.15, 0.2) is 0 Å². The van der Waals surface area contributed by atoms with Crippen molar-refractivity contribution in [3.63, 3.8) is 0 Å². The Morgan fingerprint density at radius 1 is 0.659 bits per heavy atom. The van der Waals surface area contributed by atoms with Crippen LogP contribution in [0.4, 0.5) is 0 Å². The second kappa shape index (κ2) is 21.2. The van der Waals surface area contributed by atoms with Crippen molar-refractivity contribution in [2.75, 3.05) is 0 Å². The second-order valence-electron chi connectivity index (χ2n) is 11.1. The van der Waals surface area contributed by atoms with Gasteiger partial charge in [-0.1, -0.05) is 136 Å². The number of ether oxygens (including phenoxy) is 4. The fraction of sp³-hybridized carbons (Fsp3) is 0.410. The molecule has 0 aliphatic heterocycles. The highest BCUT2D eigenvalue weighted by Crippen LogP contribution is 2.22. The largest absolute Gasteiger partial charge is 0.459 e. The van der Waals surface area contributed by atoms with Gasteiger partial charge in [0.05, 0.1) is 32.0 Å². The van der Waals surface area contributed by atoms with Gasteiger partial charge in [0.1, 0.15) is 12.2 Å².